The number of nitrogens with two attached hydrogens (primary N) is 1. The van der Waals surface area contributed by atoms with Gasteiger partial charge < -0.3 is 15.4 Å². The van der Waals surface area contributed by atoms with Crippen molar-refractivity contribution in [2.24, 2.45) is 17.6 Å². The van der Waals surface area contributed by atoms with E-state index in [1.54, 1.807) is 16.3 Å². The molecule has 10 heteroatoms. The zero-order chi connectivity index (χ0) is 17.6. The highest BCUT2D eigenvalue weighted by molar-refractivity contribution is 7.89. The van der Waals surface area contributed by atoms with E-state index in [2.05, 4.69) is 0 Å². The van der Waals surface area contributed by atoms with Gasteiger partial charge in [0, 0.05) is 32.2 Å². The smallest absolute Gasteiger partial charge is 0.265 e. The van der Waals surface area contributed by atoms with Crippen molar-refractivity contribution in [1.29, 1.82) is 0 Å². The first kappa shape index (κ1) is 20.0. The Morgan fingerprint density at radius 3 is 2.65 bits per heavy atom. The van der Waals surface area contributed by atoms with Gasteiger partial charge in [0.2, 0.25) is 10.0 Å². The molecule has 1 saturated carbocycles. The first-order valence-corrected chi connectivity index (χ1v) is 11.0. The summed E-state index contributed by atoms with van der Waals surface area (Å²) in [6.45, 7) is 2.76. The Morgan fingerprint density at radius 2 is 1.96 bits per heavy atom. The number of thiophene rings is 1. The highest BCUT2D eigenvalue weighted by Gasteiger charge is 2.43. The van der Waals surface area contributed by atoms with E-state index < -0.39 is 10.0 Å². The molecule has 1 amide bonds. The second-order valence-electron chi connectivity index (χ2n) is 7.01. The molecule has 4 rings (SSSR count). The lowest BCUT2D eigenvalue weighted by molar-refractivity contribution is 0.0728. The third-order valence-corrected chi connectivity index (χ3v) is 8.58. The van der Waals surface area contributed by atoms with Crippen LogP contribution >= 0.6 is 23.7 Å². The van der Waals surface area contributed by atoms with E-state index in [4.69, 9.17) is 10.5 Å². The van der Waals surface area contributed by atoms with Crippen molar-refractivity contribution in [2.45, 2.75) is 23.8 Å². The van der Waals surface area contributed by atoms with Crippen LogP contribution in [-0.4, -0.2) is 69.0 Å². The summed E-state index contributed by atoms with van der Waals surface area (Å²) in [5.74, 6) is 0.629. The molecule has 7 nitrogen and oxygen atoms in total. The van der Waals surface area contributed by atoms with Crippen LogP contribution in [0.1, 0.15) is 22.5 Å². The highest BCUT2D eigenvalue weighted by Crippen LogP contribution is 2.38. The Kier molecular flexibility index (Phi) is 5.96. The van der Waals surface area contributed by atoms with Crippen LogP contribution in [0.2, 0.25) is 0 Å². The Hall–Kier alpha value is -0.710. The summed E-state index contributed by atoms with van der Waals surface area (Å²) in [6, 6.07) is 1.70. The Balaban J connectivity index is 0.00000196. The molecule has 1 aromatic rings. The Bertz CT molecular complexity index is 763. The number of ether oxygens (including phenoxy) is 1. The molecule has 146 valence electrons. The van der Waals surface area contributed by atoms with Crippen molar-refractivity contribution in [1.82, 2.24) is 9.21 Å². The molecule has 2 saturated heterocycles. The second-order valence-corrected chi connectivity index (χ2v) is 9.83. The minimum absolute atomic E-state index is 0. The van der Waals surface area contributed by atoms with Gasteiger partial charge in [0.15, 0.2) is 0 Å². The largest absolute Gasteiger partial charge is 0.379 e. The van der Waals surface area contributed by atoms with Gasteiger partial charge in [-0.2, -0.15) is 4.31 Å². The average molecular weight is 422 g/mol. The van der Waals surface area contributed by atoms with Crippen molar-refractivity contribution in [3.63, 3.8) is 0 Å². The van der Waals surface area contributed by atoms with Crippen LogP contribution in [0.25, 0.3) is 0 Å². The zero-order valence-corrected chi connectivity index (χ0v) is 16.8. The lowest BCUT2D eigenvalue weighted by atomic mass is 9.98. The van der Waals surface area contributed by atoms with Gasteiger partial charge in [0.05, 0.1) is 13.2 Å². The van der Waals surface area contributed by atoms with E-state index in [1.165, 1.54) is 15.6 Å². The number of rotatable bonds is 3. The van der Waals surface area contributed by atoms with Crippen LogP contribution in [0.15, 0.2) is 16.3 Å². The maximum Gasteiger partial charge on any atom is 0.265 e. The standard InChI is InChI=1S/C16H23N3O4S2.ClH/c17-13-2-1-11-9-18(10-12(11)13)16(20)15-14(3-8-24-15)25(21,22)19-4-6-23-7-5-19;/h3,8,11-13H,1-2,4-7,9-10,17H2;1H. The number of morpholine rings is 1. The van der Waals surface area contributed by atoms with Crippen molar-refractivity contribution < 1.29 is 17.9 Å². The fourth-order valence-electron chi connectivity index (χ4n) is 4.20. The Morgan fingerprint density at radius 1 is 1.23 bits per heavy atom. The fraction of sp³-hybridized carbons (Fsp3) is 0.688. The van der Waals surface area contributed by atoms with Gasteiger partial charge in [0.25, 0.3) is 5.91 Å². The number of amides is 1. The molecule has 3 fully saturated rings. The van der Waals surface area contributed by atoms with Crippen LogP contribution in [-0.2, 0) is 14.8 Å². The van der Waals surface area contributed by atoms with Crippen LogP contribution < -0.4 is 5.73 Å². The molecule has 3 aliphatic rings. The lowest BCUT2D eigenvalue weighted by Gasteiger charge is -2.26. The maximum absolute atomic E-state index is 13.0. The van der Waals surface area contributed by atoms with Crippen molar-refractivity contribution in [3.05, 3.63) is 16.3 Å². The van der Waals surface area contributed by atoms with Gasteiger partial charge in [-0.3, -0.25) is 4.79 Å². The summed E-state index contributed by atoms with van der Waals surface area (Å²) >= 11 is 1.20. The van der Waals surface area contributed by atoms with E-state index >= 15 is 0 Å². The molecule has 1 aromatic heterocycles. The van der Waals surface area contributed by atoms with E-state index in [0.717, 1.165) is 12.8 Å². The third-order valence-electron chi connectivity index (χ3n) is 5.61. The molecular formula is C16H24ClN3O4S2. The summed E-state index contributed by atoms with van der Waals surface area (Å²) in [6.07, 6.45) is 2.08. The molecule has 3 unspecified atom stereocenters. The number of halogens is 1. The van der Waals surface area contributed by atoms with Gasteiger partial charge in [-0.05, 0) is 36.1 Å². The maximum atomic E-state index is 13.0. The summed E-state index contributed by atoms with van der Waals surface area (Å²) in [5, 5.41) is 1.68. The van der Waals surface area contributed by atoms with Crippen molar-refractivity contribution >= 4 is 39.7 Å². The number of hydrogen-bond acceptors (Lipinski definition) is 6. The second kappa shape index (κ2) is 7.73. The normalized spacial score (nSPS) is 29.4. The Labute approximate surface area is 163 Å². The molecule has 2 aliphatic heterocycles. The summed E-state index contributed by atoms with van der Waals surface area (Å²) in [4.78, 5) is 15.2. The molecule has 0 aromatic carbocycles. The van der Waals surface area contributed by atoms with Gasteiger partial charge in [-0.25, -0.2) is 8.42 Å². The number of sulfonamides is 1. The summed E-state index contributed by atoms with van der Waals surface area (Å²) < 4.78 is 32.5. The van der Waals surface area contributed by atoms with Crippen LogP contribution in [0, 0.1) is 11.8 Å². The van der Waals surface area contributed by atoms with Crippen LogP contribution in [0.5, 0.6) is 0 Å². The number of hydrogen-bond donors (Lipinski definition) is 1. The number of carbonyl (C=O) groups excluding carboxylic acids is 1. The number of nitrogens with zero attached hydrogens (tertiary/aromatic N) is 2. The lowest BCUT2D eigenvalue weighted by Crippen LogP contribution is -2.41. The van der Waals surface area contributed by atoms with Crippen molar-refractivity contribution in [2.75, 3.05) is 39.4 Å². The first-order valence-electron chi connectivity index (χ1n) is 8.68. The third kappa shape index (κ3) is 3.41. The fourth-order valence-corrected chi connectivity index (χ4v) is 6.97. The minimum atomic E-state index is -3.66. The van der Waals surface area contributed by atoms with Gasteiger partial charge in [0.1, 0.15) is 9.77 Å². The summed E-state index contributed by atoms with van der Waals surface area (Å²) in [7, 11) is -3.66. The molecule has 1 aliphatic carbocycles. The molecule has 0 radical (unpaired) electrons. The van der Waals surface area contributed by atoms with Gasteiger partial charge in [-0.1, -0.05) is 0 Å². The average Bonchev–Trinajstić information content (AvgIpc) is 3.32. The van der Waals surface area contributed by atoms with Crippen LogP contribution in [0.4, 0.5) is 0 Å². The predicted molar refractivity (Wildman–Crippen MR) is 101 cm³/mol. The quantitative estimate of drug-likeness (QED) is 0.785. The molecule has 3 heterocycles. The highest BCUT2D eigenvalue weighted by atomic mass is 35.5. The first-order chi connectivity index (χ1) is 12.0. The van der Waals surface area contributed by atoms with E-state index in [0.29, 0.717) is 56.1 Å². The molecule has 26 heavy (non-hydrogen) atoms. The predicted octanol–water partition coefficient (Wildman–Crippen LogP) is 1.00. The molecule has 0 bridgehead atoms. The monoisotopic (exact) mass is 421 g/mol. The zero-order valence-electron chi connectivity index (χ0n) is 14.4. The number of fused-ring (bicyclic) bond motifs is 1. The number of likely N-dealkylation sites (tertiary alicyclic amines) is 1. The molecule has 2 N–H and O–H groups in total. The van der Waals surface area contributed by atoms with E-state index in [1.807, 2.05) is 0 Å². The number of carbonyl (C=O) groups is 1. The van der Waals surface area contributed by atoms with E-state index in [-0.39, 0.29) is 29.3 Å². The molecular weight excluding hydrogens is 398 g/mol. The molecule has 3 atom stereocenters. The van der Waals surface area contributed by atoms with Crippen molar-refractivity contribution in [3.8, 4) is 0 Å². The van der Waals surface area contributed by atoms with E-state index in [9.17, 15) is 13.2 Å². The van der Waals surface area contributed by atoms with Crippen LogP contribution in [0.3, 0.4) is 0 Å². The summed E-state index contributed by atoms with van der Waals surface area (Å²) in [5.41, 5.74) is 6.15. The SMILES string of the molecule is Cl.NC1CCC2CN(C(=O)c3sccc3S(=O)(=O)N3CCOCC3)CC12. The van der Waals surface area contributed by atoms with Gasteiger partial charge in [-0.15, -0.1) is 23.7 Å². The van der Waals surface area contributed by atoms with Gasteiger partial charge >= 0.3 is 0 Å². The topological polar surface area (TPSA) is 92.9 Å². The molecule has 0 spiro atoms. The minimum Gasteiger partial charge on any atom is -0.379 e.